The van der Waals surface area contributed by atoms with E-state index in [0.717, 1.165) is 71.9 Å². The number of aryl methyl sites for hydroxylation is 1. The van der Waals surface area contributed by atoms with Gasteiger partial charge in [0, 0.05) is 22.8 Å². The van der Waals surface area contributed by atoms with Gasteiger partial charge in [-0.25, -0.2) is 4.79 Å². The Morgan fingerprint density at radius 1 is 1.03 bits per heavy atom. The van der Waals surface area contributed by atoms with E-state index in [-0.39, 0.29) is 18.6 Å². The number of ether oxygens (including phenoxy) is 1. The van der Waals surface area contributed by atoms with Crippen molar-refractivity contribution in [2.24, 2.45) is 0 Å². The number of para-hydroxylation sites is 2. The Kier molecular flexibility index (Phi) is 5.18. The van der Waals surface area contributed by atoms with Crippen molar-refractivity contribution in [3.63, 3.8) is 0 Å². The van der Waals surface area contributed by atoms with E-state index in [1.54, 1.807) is 4.90 Å². The Bertz CT molecular complexity index is 1170. The van der Waals surface area contributed by atoms with Gasteiger partial charge in [-0.1, -0.05) is 42.8 Å². The zero-order valence-electron chi connectivity index (χ0n) is 17.8. The fourth-order valence-corrected chi connectivity index (χ4v) is 5.00. The van der Waals surface area contributed by atoms with Crippen LogP contribution in [0.2, 0.25) is 0 Å². The Morgan fingerprint density at radius 3 is 2.71 bits per heavy atom. The fraction of sp³-hybridized carbons (Fsp3) is 0.346. The number of carbonyl (C=O) groups excluding carboxylic acids is 2. The number of benzene rings is 2. The second-order valence-electron chi connectivity index (χ2n) is 8.51. The maximum Gasteiger partial charge on any atom is 0.339 e. The molecular weight excluding hydrogens is 388 g/mol. The third-order valence-corrected chi connectivity index (χ3v) is 6.43. The van der Waals surface area contributed by atoms with Gasteiger partial charge in [0.2, 0.25) is 0 Å². The molecule has 5 rings (SSSR count). The zero-order chi connectivity index (χ0) is 21.4. The van der Waals surface area contributed by atoms with Crippen molar-refractivity contribution in [1.82, 2.24) is 4.98 Å². The minimum Gasteiger partial charge on any atom is -0.452 e. The highest BCUT2D eigenvalue weighted by atomic mass is 16.5. The van der Waals surface area contributed by atoms with Crippen LogP contribution in [0, 0.1) is 0 Å². The van der Waals surface area contributed by atoms with E-state index in [0.29, 0.717) is 5.56 Å². The molecule has 158 valence electrons. The molecule has 0 saturated carbocycles. The zero-order valence-corrected chi connectivity index (χ0v) is 17.8. The fourth-order valence-electron chi connectivity index (χ4n) is 5.00. The van der Waals surface area contributed by atoms with Crippen LogP contribution in [0.4, 0.5) is 5.69 Å². The van der Waals surface area contributed by atoms with Gasteiger partial charge in [0.1, 0.15) is 0 Å². The first-order valence-corrected chi connectivity index (χ1v) is 11.1. The van der Waals surface area contributed by atoms with Gasteiger partial charge in [-0.3, -0.25) is 9.78 Å². The molecule has 0 saturated heterocycles. The third-order valence-electron chi connectivity index (χ3n) is 6.43. The highest BCUT2D eigenvalue weighted by Crippen LogP contribution is 2.32. The van der Waals surface area contributed by atoms with Crippen LogP contribution in [0.5, 0.6) is 0 Å². The van der Waals surface area contributed by atoms with Crippen molar-refractivity contribution >= 4 is 28.5 Å². The summed E-state index contributed by atoms with van der Waals surface area (Å²) in [5, 5.41) is 0.806. The molecule has 0 spiro atoms. The van der Waals surface area contributed by atoms with Crippen molar-refractivity contribution < 1.29 is 14.3 Å². The number of pyridine rings is 1. The van der Waals surface area contributed by atoms with Crippen LogP contribution < -0.4 is 4.90 Å². The molecule has 1 atom stereocenters. The third kappa shape index (κ3) is 3.58. The first-order valence-electron chi connectivity index (χ1n) is 11.1. The maximum atomic E-state index is 13.3. The van der Waals surface area contributed by atoms with E-state index in [4.69, 9.17) is 9.72 Å². The summed E-state index contributed by atoms with van der Waals surface area (Å²) in [4.78, 5) is 32.9. The largest absolute Gasteiger partial charge is 0.452 e. The summed E-state index contributed by atoms with van der Waals surface area (Å²) in [5.41, 5.74) is 5.46. The normalized spacial score (nSPS) is 17.7. The van der Waals surface area contributed by atoms with Gasteiger partial charge in [0.05, 0.1) is 11.1 Å². The Hall–Kier alpha value is -3.21. The number of hydrogen-bond acceptors (Lipinski definition) is 4. The predicted molar refractivity (Wildman–Crippen MR) is 120 cm³/mol. The molecule has 5 nitrogen and oxygen atoms in total. The minimum absolute atomic E-state index is 0.0571. The van der Waals surface area contributed by atoms with E-state index in [2.05, 4.69) is 0 Å². The second-order valence-corrected chi connectivity index (χ2v) is 8.51. The molecule has 2 heterocycles. The summed E-state index contributed by atoms with van der Waals surface area (Å²) < 4.78 is 5.62. The number of hydrogen-bond donors (Lipinski definition) is 0. The van der Waals surface area contributed by atoms with Crippen LogP contribution in [0.25, 0.3) is 10.9 Å². The van der Waals surface area contributed by atoms with Crippen LogP contribution in [-0.4, -0.2) is 29.5 Å². The predicted octanol–water partition coefficient (Wildman–Crippen LogP) is 4.64. The summed E-state index contributed by atoms with van der Waals surface area (Å²) >= 11 is 0. The average Bonchev–Trinajstić information content (AvgIpc) is 2.94. The standard InChI is InChI=1S/C26H26N2O3/c1-17-15-18-9-5-8-14-23(18)28(17)24(29)16-31-26(30)25-19-10-3-2-4-12-21(19)27-22-13-7-6-11-20(22)25/h5-9,11,13-14,17H,2-4,10,12,15-16H2,1H3/t17-/m0/s1. The molecule has 0 fully saturated rings. The maximum absolute atomic E-state index is 13.3. The first-order chi connectivity index (χ1) is 15.1. The number of nitrogens with zero attached hydrogens (tertiary/aromatic N) is 2. The van der Waals surface area contributed by atoms with Crippen molar-refractivity contribution in [3.8, 4) is 0 Å². The molecule has 5 heteroatoms. The van der Waals surface area contributed by atoms with Gasteiger partial charge in [-0.2, -0.15) is 0 Å². The molecule has 1 amide bonds. The van der Waals surface area contributed by atoms with Gasteiger partial charge in [0.15, 0.2) is 6.61 Å². The number of amides is 1. The van der Waals surface area contributed by atoms with Gasteiger partial charge >= 0.3 is 5.97 Å². The molecule has 2 aliphatic rings. The van der Waals surface area contributed by atoms with E-state index < -0.39 is 5.97 Å². The molecule has 0 N–H and O–H groups in total. The number of fused-ring (bicyclic) bond motifs is 3. The topological polar surface area (TPSA) is 59.5 Å². The van der Waals surface area contributed by atoms with E-state index in [1.807, 2.05) is 55.5 Å². The summed E-state index contributed by atoms with van der Waals surface area (Å²) in [6.45, 7) is 1.76. The lowest BCUT2D eigenvalue weighted by Gasteiger charge is -2.22. The SMILES string of the molecule is C[C@H]1Cc2ccccc2N1C(=O)COC(=O)c1c2c(nc3ccccc13)CCCCC2. The Morgan fingerprint density at radius 2 is 1.81 bits per heavy atom. The van der Waals surface area contributed by atoms with Crippen LogP contribution in [0.15, 0.2) is 48.5 Å². The van der Waals surface area contributed by atoms with E-state index in [9.17, 15) is 9.59 Å². The van der Waals surface area contributed by atoms with Crippen LogP contribution >= 0.6 is 0 Å². The van der Waals surface area contributed by atoms with Gasteiger partial charge < -0.3 is 9.64 Å². The highest BCUT2D eigenvalue weighted by Gasteiger charge is 2.31. The number of esters is 1. The van der Waals surface area contributed by atoms with Crippen LogP contribution in [0.1, 0.15) is 53.4 Å². The lowest BCUT2D eigenvalue weighted by molar-refractivity contribution is -0.122. The Balaban J connectivity index is 1.42. The molecule has 31 heavy (non-hydrogen) atoms. The van der Waals surface area contributed by atoms with Crippen molar-refractivity contribution in [1.29, 1.82) is 0 Å². The summed E-state index contributed by atoms with van der Waals surface area (Å²) in [7, 11) is 0. The minimum atomic E-state index is -0.426. The van der Waals surface area contributed by atoms with Crippen LogP contribution in [0.3, 0.4) is 0 Å². The molecule has 1 aliphatic carbocycles. The summed E-state index contributed by atoms with van der Waals surface area (Å²) in [6, 6.07) is 15.7. The number of aromatic nitrogens is 1. The number of anilines is 1. The lowest BCUT2D eigenvalue weighted by Crippen LogP contribution is -2.38. The number of rotatable bonds is 3. The van der Waals surface area contributed by atoms with Crippen molar-refractivity contribution in [2.45, 2.75) is 51.5 Å². The van der Waals surface area contributed by atoms with Crippen molar-refractivity contribution in [2.75, 3.05) is 11.5 Å². The summed E-state index contributed by atoms with van der Waals surface area (Å²) in [6.07, 6.45) is 5.76. The molecule has 2 aromatic carbocycles. The van der Waals surface area contributed by atoms with Gasteiger partial charge in [0.25, 0.3) is 5.91 Å². The quantitative estimate of drug-likeness (QED) is 0.463. The molecule has 3 aromatic rings. The molecular formula is C26H26N2O3. The van der Waals surface area contributed by atoms with Crippen LogP contribution in [-0.2, 0) is 28.8 Å². The first kappa shape index (κ1) is 19.7. The van der Waals surface area contributed by atoms with Gasteiger partial charge in [-0.15, -0.1) is 0 Å². The molecule has 0 unspecified atom stereocenters. The van der Waals surface area contributed by atoms with E-state index in [1.165, 1.54) is 0 Å². The molecule has 0 bridgehead atoms. The molecule has 0 radical (unpaired) electrons. The van der Waals surface area contributed by atoms with E-state index >= 15 is 0 Å². The Labute approximate surface area is 182 Å². The van der Waals surface area contributed by atoms with Gasteiger partial charge in [-0.05, 0) is 62.3 Å². The second kappa shape index (κ2) is 8.14. The molecule has 1 aromatic heterocycles. The van der Waals surface area contributed by atoms with Crippen molar-refractivity contribution in [3.05, 3.63) is 70.9 Å². The average molecular weight is 415 g/mol. The number of carbonyl (C=O) groups is 2. The monoisotopic (exact) mass is 414 g/mol. The lowest BCUT2D eigenvalue weighted by atomic mass is 9.97. The smallest absolute Gasteiger partial charge is 0.339 e. The summed E-state index contributed by atoms with van der Waals surface area (Å²) in [5.74, 6) is -0.611. The highest BCUT2D eigenvalue weighted by molar-refractivity contribution is 6.06. The molecule has 1 aliphatic heterocycles.